The molecule has 0 radical (unpaired) electrons. The molecule has 19 heavy (non-hydrogen) atoms. The van der Waals surface area contributed by atoms with Crippen LogP contribution in [0.15, 0.2) is 36.4 Å². The summed E-state index contributed by atoms with van der Waals surface area (Å²) in [5.41, 5.74) is 4.61. The summed E-state index contributed by atoms with van der Waals surface area (Å²) in [4.78, 5) is 7.67. The molecule has 0 spiro atoms. The Balaban J connectivity index is 2.17. The van der Waals surface area contributed by atoms with Crippen molar-refractivity contribution in [3.63, 3.8) is 0 Å². The Labute approximate surface area is 111 Å². The SMILES string of the molecule is CCc1ccc2nc(-c3cc(C)ccc3F)[nH]c2c1. The van der Waals surface area contributed by atoms with Crippen molar-refractivity contribution in [2.75, 3.05) is 0 Å². The highest BCUT2D eigenvalue weighted by Gasteiger charge is 2.10. The van der Waals surface area contributed by atoms with Crippen LogP contribution < -0.4 is 0 Å². The zero-order valence-corrected chi connectivity index (χ0v) is 11.0. The maximum Gasteiger partial charge on any atom is 0.141 e. The highest BCUT2D eigenvalue weighted by Crippen LogP contribution is 2.24. The van der Waals surface area contributed by atoms with E-state index in [4.69, 9.17) is 0 Å². The van der Waals surface area contributed by atoms with Gasteiger partial charge in [0.25, 0.3) is 0 Å². The molecule has 0 saturated heterocycles. The zero-order valence-electron chi connectivity index (χ0n) is 11.0. The Morgan fingerprint density at radius 2 is 2.00 bits per heavy atom. The first-order valence-corrected chi connectivity index (χ1v) is 6.42. The maximum atomic E-state index is 13.9. The van der Waals surface area contributed by atoms with E-state index in [0.29, 0.717) is 11.4 Å². The number of halogens is 1. The van der Waals surface area contributed by atoms with Gasteiger partial charge in [0.15, 0.2) is 0 Å². The Morgan fingerprint density at radius 3 is 2.79 bits per heavy atom. The van der Waals surface area contributed by atoms with Crippen molar-refractivity contribution < 1.29 is 4.39 Å². The average Bonchev–Trinajstić information content (AvgIpc) is 2.83. The Bertz CT molecular complexity index is 744. The van der Waals surface area contributed by atoms with Crippen LogP contribution in [0.5, 0.6) is 0 Å². The minimum Gasteiger partial charge on any atom is -0.338 e. The quantitative estimate of drug-likeness (QED) is 0.728. The van der Waals surface area contributed by atoms with Gasteiger partial charge in [0.2, 0.25) is 0 Å². The monoisotopic (exact) mass is 254 g/mol. The fraction of sp³-hybridized carbons (Fsp3) is 0.188. The third-order valence-electron chi connectivity index (χ3n) is 3.33. The van der Waals surface area contributed by atoms with Crippen LogP contribution in [0.2, 0.25) is 0 Å². The second-order valence-electron chi connectivity index (χ2n) is 4.77. The molecule has 0 atom stereocenters. The number of rotatable bonds is 2. The number of H-pyrrole nitrogens is 1. The van der Waals surface area contributed by atoms with Crippen molar-refractivity contribution in [1.82, 2.24) is 9.97 Å². The standard InChI is InChI=1S/C16H15FN2/c1-3-11-5-7-14-15(9-11)19-16(18-14)12-8-10(2)4-6-13(12)17/h4-9H,3H2,1-2H3,(H,18,19). The van der Waals surface area contributed by atoms with E-state index in [9.17, 15) is 4.39 Å². The molecule has 2 nitrogen and oxygen atoms in total. The second kappa shape index (κ2) is 4.50. The van der Waals surface area contributed by atoms with Crippen molar-refractivity contribution in [3.05, 3.63) is 53.3 Å². The first-order valence-electron chi connectivity index (χ1n) is 6.42. The zero-order chi connectivity index (χ0) is 13.4. The van der Waals surface area contributed by atoms with Gasteiger partial charge in [0, 0.05) is 0 Å². The van der Waals surface area contributed by atoms with Gasteiger partial charge in [-0.2, -0.15) is 0 Å². The molecule has 96 valence electrons. The van der Waals surface area contributed by atoms with Crippen molar-refractivity contribution in [1.29, 1.82) is 0 Å². The number of benzene rings is 2. The van der Waals surface area contributed by atoms with Crippen LogP contribution in [0, 0.1) is 12.7 Å². The van der Waals surface area contributed by atoms with E-state index in [0.717, 1.165) is 23.0 Å². The molecule has 0 aliphatic heterocycles. The molecule has 1 N–H and O–H groups in total. The highest BCUT2D eigenvalue weighted by molar-refractivity contribution is 5.80. The molecule has 3 aromatic rings. The van der Waals surface area contributed by atoms with Crippen molar-refractivity contribution in [2.45, 2.75) is 20.3 Å². The van der Waals surface area contributed by atoms with Gasteiger partial charge in [-0.05, 0) is 43.2 Å². The smallest absolute Gasteiger partial charge is 0.141 e. The van der Waals surface area contributed by atoms with Crippen molar-refractivity contribution in [3.8, 4) is 11.4 Å². The summed E-state index contributed by atoms with van der Waals surface area (Å²) in [6, 6.07) is 11.2. The van der Waals surface area contributed by atoms with Crippen LogP contribution in [-0.2, 0) is 6.42 Å². The number of fused-ring (bicyclic) bond motifs is 1. The summed E-state index contributed by atoms with van der Waals surface area (Å²) < 4.78 is 13.9. The van der Waals surface area contributed by atoms with E-state index in [2.05, 4.69) is 29.0 Å². The topological polar surface area (TPSA) is 28.7 Å². The van der Waals surface area contributed by atoms with E-state index in [-0.39, 0.29) is 5.82 Å². The average molecular weight is 254 g/mol. The Hall–Kier alpha value is -2.16. The number of aromatic nitrogens is 2. The molecule has 0 saturated carbocycles. The molecular weight excluding hydrogens is 239 g/mol. The van der Waals surface area contributed by atoms with Crippen LogP contribution in [0.3, 0.4) is 0 Å². The predicted octanol–water partition coefficient (Wildman–Crippen LogP) is 4.24. The van der Waals surface area contributed by atoms with E-state index in [1.54, 1.807) is 6.07 Å². The molecule has 2 aromatic carbocycles. The van der Waals surface area contributed by atoms with Crippen LogP contribution in [0.4, 0.5) is 4.39 Å². The minimum atomic E-state index is -0.250. The summed E-state index contributed by atoms with van der Waals surface area (Å²) in [6.45, 7) is 4.06. The molecular formula is C16H15FN2. The molecule has 0 aliphatic rings. The Kier molecular flexibility index (Phi) is 2.82. The van der Waals surface area contributed by atoms with Gasteiger partial charge in [0.1, 0.15) is 11.6 Å². The van der Waals surface area contributed by atoms with Crippen LogP contribution in [0.25, 0.3) is 22.4 Å². The van der Waals surface area contributed by atoms with E-state index in [1.165, 1.54) is 11.6 Å². The van der Waals surface area contributed by atoms with Gasteiger partial charge in [-0.3, -0.25) is 0 Å². The lowest BCUT2D eigenvalue weighted by molar-refractivity contribution is 0.630. The summed E-state index contributed by atoms with van der Waals surface area (Å²) >= 11 is 0. The van der Waals surface area contributed by atoms with Crippen molar-refractivity contribution >= 4 is 11.0 Å². The summed E-state index contributed by atoms with van der Waals surface area (Å²) in [5, 5.41) is 0. The number of hydrogen-bond acceptors (Lipinski definition) is 1. The van der Waals surface area contributed by atoms with Gasteiger partial charge in [0.05, 0.1) is 16.6 Å². The van der Waals surface area contributed by atoms with Gasteiger partial charge >= 0.3 is 0 Å². The number of hydrogen-bond donors (Lipinski definition) is 1. The van der Waals surface area contributed by atoms with E-state index < -0.39 is 0 Å². The fourth-order valence-electron chi connectivity index (χ4n) is 2.22. The Morgan fingerprint density at radius 1 is 1.16 bits per heavy atom. The van der Waals surface area contributed by atoms with Gasteiger partial charge in [-0.25, -0.2) is 9.37 Å². The molecule has 0 unspecified atom stereocenters. The summed E-state index contributed by atoms with van der Waals surface area (Å²) in [5.74, 6) is 0.338. The minimum absolute atomic E-state index is 0.250. The lowest BCUT2D eigenvalue weighted by atomic mass is 10.1. The van der Waals surface area contributed by atoms with Crippen LogP contribution in [-0.4, -0.2) is 9.97 Å². The first kappa shape index (κ1) is 11.9. The molecule has 0 fully saturated rings. The van der Waals surface area contributed by atoms with Crippen molar-refractivity contribution in [2.24, 2.45) is 0 Å². The lowest BCUT2D eigenvalue weighted by Crippen LogP contribution is -1.87. The summed E-state index contributed by atoms with van der Waals surface area (Å²) in [7, 11) is 0. The molecule has 1 aromatic heterocycles. The number of nitrogens with zero attached hydrogens (tertiary/aromatic N) is 1. The largest absolute Gasteiger partial charge is 0.338 e. The fourth-order valence-corrected chi connectivity index (χ4v) is 2.22. The van der Waals surface area contributed by atoms with E-state index in [1.807, 2.05) is 19.1 Å². The molecule has 3 heteroatoms. The number of aryl methyl sites for hydroxylation is 2. The highest BCUT2D eigenvalue weighted by atomic mass is 19.1. The third kappa shape index (κ3) is 2.12. The second-order valence-corrected chi connectivity index (χ2v) is 4.77. The van der Waals surface area contributed by atoms with E-state index >= 15 is 0 Å². The number of nitrogens with one attached hydrogen (secondary N) is 1. The molecule has 0 bridgehead atoms. The van der Waals surface area contributed by atoms with Crippen LogP contribution >= 0.6 is 0 Å². The molecule has 0 amide bonds. The van der Waals surface area contributed by atoms with Crippen LogP contribution in [0.1, 0.15) is 18.1 Å². The number of aromatic amines is 1. The number of imidazole rings is 1. The first-order chi connectivity index (χ1) is 9.17. The summed E-state index contributed by atoms with van der Waals surface area (Å²) in [6.07, 6.45) is 0.975. The lowest BCUT2D eigenvalue weighted by Gasteiger charge is -2.00. The normalized spacial score (nSPS) is 11.1. The van der Waals surface area contributed by atoms with Gasteiger partial charge in [-0.15, -0.1) is 0 Å². The third-order valence-corrected chi connectivity index (χ3v) is 3.33. The van der Waals surface area contributed by atoms with Gasteiger partial charge < -0.3 is 4.98 Å². The molecule has 0 aliphatic carbocycles. The predicted molar refractivity (Wildman–Crippen MR) is 75.6 cm³/mol. The molecule has 1 heterocycles. The maximum absolute atomic E-state index is 13.9. The molecule has 3 rings (SSSR count). The van der Waals surface area contributed by atoms with Gasteiger partial charge in [-0.1, -0.05) is 24.6 Å².